The molecule has 0 bridgehead atoms. The third-order valence-corrected chi connectivity index (χ3v) is 7.79. The zero-order valence-corrected chi connectivity index (χ0v) is 19.4. The average molecular weight is 445 g/mol. The van der Waals surface area contributed by atoms with Crippen molar-refractivity contribution < 1.29 is 17.9 Å². The molecule has 168 valence electrons. The maximum atomic E-state index is 13.3. The van der Waals surface area contributed by atoms with Crippen molar-refractivity contribution in [3.63, 3.8) is 0 Å². The van der Waals surface area contributed by atoms with Crippen LogP contribution in [0.2, 0.25) is 0 Å². The van der Waals surface area contributed by atoms with Crippen LogP contribution in [-0.4, -0.2) is 50.3 Å². The van der Waals surface area contributed by atoms with Crippen LogP contribution in [0.3, 0.4) is 0 Å². The van der Waals surface area contributed by atoms with E-state index in [4.69, 9.17) is 4.74 Å². The number of rotatable bonds is 9. The summed E-state index contributed by atoms with van der Waals surface area (Å²) in [6.45, 7) is 4.86. The van der Waals surface area contributed by atoms with Crippen LogP contribution in [0.5, 0.6) is 5.75 Å². The van der Waals surface area contributed by atoms with Gasteiger partial charge in [0.05, 0.1) is 24.6 Å². The fourth-order valence-corrected chi connectivity index (χ4v) is 5.50. The molecule has 2 aromatic rings. The standard InChI is InChI=1S/C24H32N2O4S/c1-4-5-8-16-25(31(28,29)22-13-11-21(30-3)12-14-22)18-24(27)26-17-15-20-9-6-7-10-23(20)19(26)2/h6-7,9-14,19H,4-5,8,15-18H2,1-3H3. The minimum Gasteiger partial charge on any atom is -0.497 e. The summed E-state index contributed by atoms with van der Waals surface area (Å²) in [4.78, 5) is 15.2. The Morgan fingerprint density at radius 1 is 1.13 bits per heavy atom. The zero-order valence-electron chi connectivity index (χ0n) is 18.6. The molecular weight excluding hydrogens is 412 g/mol. The highest BCUT2D eigenvalue weighted by molar-refractivity contribution is 7.89. The molecule has 7 heteroatoms. The van der Waals surface area contributed by atoms with Gasteiger partial charge in [0, 0.05) is 13.1 Å². The summed E-state index contributed by atoms with van der Waals surface area (Å²) >= 11 is 0. The van der Waals surface area contributed by atoms with Crippen LogP contribution in [0, 0.1) is 0 Å². The number of unbranched alkanes of at least 4 members (excludes halogenated alkanes) is 2. The first kappa shape index (κ1) is 23.3. The van der Waals surface area contributed by atoms with E-state index in [1.165, 1.54) is 29.1 Å². The molecule has 0 saturated heterocycles. The van der Waals surface area contributed by atoms with Crippen molar-refractivity contribution >= 4 is 15.9 Å². The number of amides is 1. The molecule has 1 aliphatic rings. The van der Waals surface area contributed by atoms with Crippen molar-refractivity contribution in [2.45, 2.75) is 50.5 Å². The highest BCUT2D eigenvalue weighted by Crippen LogP contribution is 2.29. The van der Waals surface area contributed by atoms with Gasteiger partial charge in [0.1, 0.15) is 5.75 Å². The number of ether oxygens (including phenoxy) is 1. The van der Waals surface area contributed by atoms with Crippen molar-refractivity contribution in [1.82, 2.24) is 9.21 Å². The summed E-state index contributed by atoms with van der Waals surface area (Å²) in [7, 11) is -2.25. The third-order valence-electron chi connectivity index (χ3n) is 5.93. The summed E-state index contributed by atoms with van der Waals surface area (Å²) in [5.74, 6) is 0.434. The Balaban J connectivity index is 1.81. The molecule has 1 unspecified atom stereocenters. The topological polar surface area (TPSA) is 66.9 Å². The molecule has 0 radical (unpaired) electrons. The molecule has 0 aromatic heterocycles. The molecule has 0 aliphatic carbocycles. The van der Waals surface area contributed by atoms with Crippen LogP contribution in [0.25, 0.3) is 0 Å². The summed E-state index contributed by atoms with van der Waals surface area (Å²) in [5, 5.41) is 0. The molecule has 0 spiro atoms. The Kier molecular flexibility index (Phi) is 7.73. The van der Waals surface area contributed by atoms with E-state index in [0.717, 1.165) is 31.2 Å². The van der Waals surface area contributed by atoms with E-state index in [1.54, 1.807) is 17.0 Å². The number of carbonyl (C=O) groups is 1. The van der Waals surface area contributed by atoms with Crippen molar-refractivity contribution in [2.24, 2.45) is 0 Å². The van der Waals surface area contributed by atoms with Gasteiger partial charge < -0.3 is 9.64 Å². The number of fused-ring (bicyclic) bond motifs is 1. The summed E-state index contributed by atoms with van der Waals surface area (Å²) in [5.41, 5.74) is 2.39. The van der Waals surface area contributed by atoms with Crippen molar-refractivity contribution in [3.8, 4) is 5.75 Å². The largest absolute Gasteiger partial charge is 0.497 e. The van der Waals surface area contributed by atoms with Crippen molar-refractivity contribution in [1.29, 1.82) is 0 Å². The number of nitrogens with zero attached hydrogens (tertiary/aromatic N) is 2. The lowest BCUT2D eigenvalue weighted by Gasteiger charge is -2.36. The van der Waals surface area contributed by atoms with E-state index in [2.05, 4.69) is 13.0 Å². The smallest absolute Gasteiger partial charge is 0.243 e. The van der Waals surface area contributed by atoms with E-state index in [1.807, 2.05) is 25.1 Å². The maximum absolute atomic E-state index is 13.3. The molecule has 3 rings (SSSR count). The summed E-state index contributed by atoms with van der Waals surface area (Å²) in [6, 6.07) is 14.4. The zero-order chi connectivity index (χ0) is 22.4. The Morgan fingerprint density at radius 2 is 1.84 bits per heavy atom. The molecular formula is C24H32N2O4S. The first-order valence-corrected chi connectivity index (χ1v) is 12.3. The molecule has 31 heavy (non-hydrogen) atoms. The van der Waals surface area contributed by atoms with Gasteiger partial charge >= 0.3 is 0 Å². The number of sulfonamides is 1. The average Bonchev–Trinajstić information content (AvgIpc) is 2.78. The predicted octanol–water partition coefficient (Wildman–Crippen LogP) is 4.02. The lowest BCUT2D eigenvalue weighted by atomic mass is 9.93. The second-order valence-corrected chi connectivity index (χ2v) is 9.87. The predicted molar refractivity (Wildman–Crippen MR) is 122 cm³/mol. The van der Waals surface area contributed by atoms with Gasteiger partial charge in [0.25, 0.3) is 0 Å². The van der Waals surface area contributed by atoms with Crippen LogP contribution >= 0.6 is 0 Å². The Morgan fingerprint density at radius 3 is 2.52 bits per heavy atom. The van der Waals surface area contributed by atoms with E-state index in [-0.39, 0.29) is 23.4 Å². The number of methoxy groups -OCH3 is 1. The second kappa shape index (κ2) is 10.3. The molecule has 0 N–H and O–H groups in total. The molecule has 1 atom stereocenters. The second-order valence-electron chi connectivity index (χ2n) is 7.93. The van der Waals surface area contributed by atoms with E-state index in [0.29, 0.717) is 18.8 Å². The fraction of sp³-hybridized carbons (Fsp3) is 0.458. The molecule has 1 aliphatic heterocycles. The Hall–Kier alpha value is -2.38. The molecule has 1 heterocycles. The van der Waals surface area contributed by atoms with Gasteiger partial charge in [-0.05, 0) is 55.2 Å². The normalized spacial score (nSPS) is 16.3. The number of carbonyl (C=O) groups excluding carboxylic acids is 1. The van der Waals surface area contributed by atoms with Crippen LogP contribution < -0.4 is 4.74 Å². The van der Waals surface area contributed by atoms with Gasteiger partial charge in [-0.2, -0.15) is 4.31 Å². The fourth-order valence-electron chi connectivity index (χ4n) is 4.07. The van der Waals surface area contributed by atoms with Gasteiger partial charge in [-0.15, -0.1) is 0 Å². The molecule has 6 nitrogen and oxygen atoms in total. The minimum atomic E-state index is -3.79. The van der Waals surface area contributed by atoms with Crippen molar-refractivity contribution in [2.75, 3.05) is 26.7 Å². The monoisotopic (exact) mass is 444 g/mol. The number of hydrogen-bond donors (Lipinski definition) is 0. The van der Waals surface area contributed by atoms with E-state index in [9.17, 15) is 13.2 Å². The Bertz CT molecular complexity index is 989. The lowest BCUT2D eigenvalue weighted by Crippen LogP contribution is -2.46. The van der Waals surface area contributed by atoms with Crippen LogP contribution in [0.4, 0.5) is 0 Å². The van der Waals surface area contributed by atoms with Gasteiger partial charge in [0.15, 0.2) is 0 Å². The number of benzene rings is 2. The first-order valence-electron chi connectivity index (χ1n) is 10.9. The summed E-state index contributed by atoms with van der Waals surface area (Å²) in [6.07, 6.45) is 3.39. The van der Waals surface area contributed by atoms with Crippen molar-refractivity contribution in [3.05, 3.63) is 59.7 Å². The highest BCUT2D eigenvalue weighted by Gasteiger charge is 2.32. The Labute approximate surface area is 185 Å². The molecule has 2 aromatic carbocycles. The SMILES string of the molecule is CCCCCN(CC(=O)N1CCc2ccccc2C1C)S(=O)(=O)c1ccc(OC)cc1. The van der Waals surface area contributed by atoms with E-state index >= 15 is 0 Å². The molecule has 0 fully saturated rings. The minimum absolute atomic E-state index is 0.0707. The van der Waals surface area contributed by atoms with E-state index < -0.39 is 10.0 Å². The molecule has 1 amide bonds. The quantitative estimate of drug-likeness (QED) is 0.548. The highest BCUT2D eigenvalue weighted by atomic mass is 32.2. The van der Waals surface area contributed by atoms with Gasteiger partial charge in [0.2, 0.25) is 15.9 Å². The lowest BCUT2D eigenvalue weighted by molar-refractivity contribution is -0.134. The van der Waals surface area contributed by atoms with Crippen LogP contribution in [0.1, 0.15) is 50.3 Å². The van der Waals surface area contributed by atoms with Crippen LogP contribution in [0.15, 0.2) is 53.4 Å². The van der Waals surface area contributed by atoms with Gasteiger partial charge in [-0.25, -0.2) is 8.42 Å². The first-order chi connectivity index (χ1) is 14.9. The third kappa shape index (κ3) is 5.28. The summed E-state index contributed by atoms with van der Waals surface area (Å²) < 4.78 is 33.1. The van der Waals surface area contributed by atoms with Gasteiger partial charge in [-0.1, -0.05) is 44.0 Å². The van der Waals surface area contributed by atoms with Crippen LogP contribution in [-0.2, 0) is 21.2 Å². The maximum Gasteiger partial charge on any atom is 0.243 e. The number of hydrogen-bond acceptors (Lipinski definition) is 4. The molecule has 0 saturated carbocycles. The van der Waals surface area contributed by atoms with Gasteiger partial charge in [-0.3, -0.25) is 4.79 Å².